The van der Waals surface area contributed by atoms with Crippen LogP contribution in [0.5, 0.6) is 5.75 Å². The van der Waals surface area contributed by atoms with Gasteiger partial charge in [0.2, 0.25) is 0 Å². The minimum atomic E-state index is -4.82. The standard InChI is InChI=1S/C28H20Cl3F3N2O3/c1-38-15-25-18(14-35-27(37)17-4-9-21(10-5-17)39-28(32,33)34)12-23(22-11-8-20(30)13-24(22)31)26(36-25)16-2-6-19(29)7-3-16/h2-13H,14-15H2,1H3,(H,35,37). The molecule has 0 aliphatic heterocycles. The molecule has 1 aromatic heterocycles. The van der Waals surface area contributed by atoms with Crippen molar-refractivity contribution >= 4 is 40.7 Å². The average molecular weight is 596 g/mol. The van der Waals surface area contributed by atoms with E-state index in [2.05, 4.69) is 10.1 Å². The lowest BCUT2D eigenvalue weighted by Crippen LogP contribution is -2.24. The first-order chi connectivity index (χ1) is 18.5. The van der Waals surface area contributed by atoms with Crippen LogP contribution < -0.4 is 10.1 Å². The summed E-state index contributed by atoms with van der Waals surface area (Å²) in [6.07, 6.45) is -4.82. The van der Waals surface area contributed by atoms with Crippen LogP contribution in [-0.2, 0) is 17.9 Å². The monoisotopic (exact) mass is 594 g/mol. The van der Waals surface area contributed by atoms with Gasteiger partial charge in [-0.25, -0.2) is 4.98 Å². The van der Waals surface area contributed by atoms with Crippen LogP contribution in [0.25, 0.3) is 22.4 Å². The van der Waals surface area contributed by atoms with Gasteiger partial charge in [-0.05, 0) is 60.2 Å². The molecular weight excluding hydrogens is 576 g/mol. The van der Waals surface area contributed by atoms with Gasteiger partial charge in [-0.3, -0.25) is 4.79 Å². The molecule has 202 valence electrons. The Bertz CT molecular complexity index is 1480. The van der Waals surface area contributed by atoms with Crippen molar-refractivity contribution in [1.82, 2.24) is 10.3 Å². The van der Waals surface area contributed by atoms with E-state index >= 15 is 0 Å². The van der Waals surface area contributed by atoms with Crippen LogP contribution >= 0.6 is 34.8 Å². The van der Waals surface area contributed by atoms with Gasteiger partial charge < -0.3 is 14.8 Å². The summed E-state index contributed by atoms with van der Waals surface area (Å²) < 4.78 is 46.5. The quantitative estimate of drug-likeness (QED) is 0.222. The van der Waals surface area contributed by atoms with Crippen molar-refractivity contribution in [2.45, 2.75) is 19.5 Å². The first kappa shape index (κ1) is 28.7. The predicted octanol–water partition coefficient (Wildman–Crippen LogP) is 8.35. The summed E-state index contributed by atoms with van der Waals surface area (Å²) in [6.45, 7) is 0.217. The van der Waals surface area contributed by atoms with Crippen molar-refractivity contribution in [3.8, 4) is 28.1 Å². The molecule has 0 saturated carbocycles. The number of rotatable bonds is 8. The zero-order valence-electron chi connectivity index (χ0n) is 20.3. The van der Waals surface area contributed by atoms with E-state index in [0.717, 1.165) is 17.7 Å². The number of aromatic nitrogens is 1. The fourth-order valence-electron chi connectivity index (χ4n) is 3.83. The number of halogens is 6. The number of alkyl halides is 3. The number of nitrogens with one attached hydrogen (secondary N) is 1. The topological polar surface area (TPSA) is 60.5 Å². The van der Waals surface area contributed by atoms with Crippen molar-refractivity contribution in [3.63, 3.8) is 0 Å². The fourth-order valence-corrected chi connectivity index (χ4v) is 4.47. The Morgan fingerprint density at radius 2 is 1.56 bits per heavy atom. The molecular formula is C28H20Cl3F3N2O3. The van der Waals surface area contributed by atoms with Gasteiger partial charge in [-0.2, -0.15) is 0 Å². The molecule has 5 nitrogen and oxygen atoms in total. The summed E-state index contributed by atoms with van der Waals surface area (Å²) in [6, 6.07) is 18.8. The smallest absolute Gasteiger partial charge is 0.406 e. The molecule has 0 radical (unpaired) electrons. The van der Waals surface area contributed by atoms with Crippen LogP contribution in [0.1, 0.15) is 21.6 Å². The first-order valence-corrected chi connectivity index (χ1v) is 12.5. The maximum Gasteiger partial charge on any atom is 0.573 e. The van der Waals surface area contributed by atoms with Crippen molar-refractivity contribution in [1.29, 1.82) is 0 Å². The van der Waals surface area contributed by atoms with Gasteiger partial charge in [0.1, 0.15) is 5.75 Å². The van der Waals surface area contributed by atoms with Gasteiger partial charge >= 0.3 is 6.36 Å². The lowest BCUT2D eigenvalue weighted by atomic mass is 9.96. The molecule has 0 unspecified atom stereocenters. The van der Waals surface area contributed by atoms with Gasteiger partial charge in [0, 0.05) is 51.0 Å². The summed E-state index contributed by atoms with van der Waals surface area (Å²) in [5.74, 6) is -0.919. The van der Waals surface area contributed by atoms with E-state index < -0.39 is 18.0 Å². The highest BCUT2D eigenvalue weighted by molar-refractivity contribution is 6.36. The SMILES string of the molecule is COCc1nc(-c2ccc(Cl)cc2)c(-c2ccc(Cl)cc2Cl)cc1CNC(=O)c1ccc(OC(F)(F)F)cc1. The summed E-state index contributed by atoms with van der Waals surface area (Å²) in [5.41, 5.74) is 4.16. The second-order valence-corrected chi connectivity index (χ2v) is 9.59. The van der Waals surface area contributed by atoms with E-state index in [-0.39, 0.29) is 18.7 Å². The molecule has 3 aromatic carbocycles. The Balaban J connectivity index is 1.69. The predicted molar refractivity (Wildman–Crippen MR) is 145 cm³/mol. The molecule has 0 saturated heterocycles. The van der Waals surface area contributed by atoms with Crippen molar-refractivity contribution in [3.05, 3.63) is 105 Å². The second kappa shape index (κ2) is 12.3. The molecule has 0 aliphatic rings. The Morgan fingerprint density at radius 1 is 0.897 bits per heavy atom. The van der Waals surface area contributed by atoms with E-state index in [0.29, 0.717) is 43.1 Å². The Kier molecular flexibility index (Phi) is 9.02. The molecule has 1 heterocycles. The average Bonchev–Trinajstić information content (AvgIpc) is 2.88. The number of hydrogen-bond acceptors (Lipinski definition) is 4. The summed E-state index contributed by atoms with van der Waals surface area (Å²) in [5, 5.41) is 4.23. The third kappa shape index (κ3) is 7.42. The van der Waals surface area contributed by atoms with Gasteiger partial charge in [-0.1, -0.05) is 53.0 Å². The zero-order chi connectivity index (χ0) is 28.2. The third-order valence-corrected chi connectivity index (χ3v) is 6.40. The zero-order valence-corrected chi connectivity index (χ0v) is 22.5. The van der Waals surface area contributed by atoms with Crippen LogP contribution in [0.2, 0.25) is 15.1 Å². The number of amides is 1. The molecule has 4 aromatic rings. The van der Waals surface area contributed by atoms with Crippen LogP contribution in [0.3, 0.4) is 0 Å². The number of hydrogen-bond donors (Lipinski definition) is 1. The van der Waals surface area contributed by atoms with Crippen molar-refractivity contribution in [2.24, 2.45) is 0 Å². The second-order valence-electron chi connectivity index (χ2n) is 8.31. The van der Waals surface area contributed by atoms with Crippen LogP contribution in [0.15, 0.2) is 72.8 Å². The maximum atomic E-state index is 12.8. The Morgan fingerprint density at radius 3 is 2.18 bits per heavy atom. The first-order valence-electron chi connectivity index (χ1n) is 11.4. The Hall–Kier alpha value is -3.30. The van der Waals surface area contributed by atoms with Crippen molar-refractivity contribution in [2.75, 3.05) is 7.11 Å². The molecule has 1 amide bonds. The number of carbonyl (C=O) groups is 1. The molecule has 0 bridgehead atoms. The van der Waals surface area contributed by atoms with E-state index in [4.69, 9.17) is 44.5 Å². The summed E-state index contributed by atoms with van der Waals surface area (Å²) in [4.78, 5) is 17.6. The normalized spacial score (nSPS) is 11.4. The summed E-state index contributed by atoms with van der Waals surface area (Å²) >= 11 is 18.8. The molecule has 0 atom stereocenters. The fraction of sp³-hybridized carbons (Fsp3) is 0.143. The highest BCUT2D eigenvalue weighted by atomic mass is 35.5. The van der Waals surface area contributed by atoms with Crippen LogP contribution in [0.4, 0.5) is 13.2 Å². The van der Waals surface area contributed by atoms with Gasteiger partial charge in [0.25, 0.3) is 5.91 Å². The molecule has 4 rings (SSSR count). The van der Waals surface area contributed by atoms with Gasteiger partial charge in [0.15, 0.2) is 0 Å². The number of nitrogens with zero attached hydrogens (tertiary/aromatic N) is 1. The highest BCUT2D eigenvalue weighted by Gasteiger charge is 2.31. The van der Waals surface area contributed by atoms with E-state index in [1.165, 1.54) is 19.2 Å². The molecule has 0 aliphatic carbocycles. The maximum absolute atomic E-state index is 12.8. The molecule has 0 spiro atoms. The highest BCUT2D eigenvalue weighted by Crippen LogP contribution is 2.38. The van der Waals surface area contributed by atoms with E-state index in [1.54, 1.807) is 30.3 Å². The third-order valence-electron chi connectivity index (χ3n) is 5.60. The van der Waals surface area contributed by atoms with E-state index in [9.17, 15) is 18.0 Å². The number of methoxy groups -OCH3 is 1. The number of benzene rings is 3. The number of ether oxygens (including phenoxy) is 2. The molecule has 39 heavy (non-hydrogen) atoms. The minimum Gasteiger partial charge on any atom is -0.406 e. The molecule has 1 N–H and O–H groups in total. The molecule has 11 heteroatoms. The largest absolute Gasteiger partial charge is 0.573 e. The lowest BCUT2D eigenvalue weighted by Gasteiger charge is -2.17. The Labute approximate surface area is 237 Å². The van der Waals surface area contributed by atoms with Crippen LogP contribution in [0, 0.1) is 0 Å². The van der Waals surface area contributed by atoms with Gasteiger partial charge in [-0.15, -0.1) is 13.2 Å². The van der Waals surface area contributed by atoms with Gasteiger partial charge in [0.05, 0.1) is 18.0 Å². The summed E-state index contributed by atoms with van der Waals surface area (Å²) in [7, 11) is 1.53. The molecule has 0 fully saturated rings. The number of carbonyl (C=O) groups excluding carboxylic acids is 1. The van der Waals surface area contributed by atoms with E-state index in [1.807, 2.05) is 18.2 Å². The number of pyridine rings is 1. The lowest BCUT2D eigenvalue weighted by molar-refractivity contribution is -0.274. The minimum absolute atomic E-state index is 0.0600. The van der Waals surface area contributed by atoms with Crippen molar-refractivity contribution < 1.29 is 27.4 Å². The van der Waals surface area contributed by atoms with Crippen LogP contribution in [-0.4, -0.2) is 24.4 Å².